The lowest BCUT2D eigenvalue weighted by Gasteiger charge is -2.28. The van der Waals surface area contributed by atoms with Crippen LogP contribution in [-0.2, 0) is 32.4 Å². The maximum atomic E-state index is 13.0. The van der Waals surface area contributed by atoms with Crippen LogP contribution >= 0.6 is 0 Å². The van der Waals surface area contributed by atoms with Crippen LogP contribution in [0.2, 0.25) is 0 Å². The molecule has 8 nitrogen and oxygen atoms in total. The van der Waals surface area contributed by atoms with Crippen LogP contribution in [0.1, 0.15) is 31.4 Å². The maximum Gasteiger partial charge on any atom is 0.227 e. The molecular weight excluding hydrogens is 392 g/mol. The van der Waals surface area contributed by atoms with E-state index in [-0.39, 0.29) is 17.0 Å². The van der Waals surface area contributed by atoms with Gasteiger partial charge in [-0.3, -0.25) is 9.80 Å². The summed E-state index contributed by atoms with van der Waals surface area (Å²) in [4.78, 5) is 9.04. The Morgan fingerprint density at radius 2 is 2.00 bits per heavy atom. The zero-order valence-electron chi connectivity index (χ0n) is 17.5. The van der Waals surface area contributed by atoms with Crippen molar-refractivity contribution in [1.82, 2.24) is 19.4 Å². The molecule has 9 heteroatoms. The van der Waals surface area contributed by atoms with Gasteiger partial charge in [-0.2, -0.15) is 0 Å². The number of hydrogen-bond acceptors (Lipinski definition) is 7. The van der Waals surface area contributed by atoms with E-state index in [2.05, 4.69) is 21.8 Å². The Kier molecular flexibility index (Phi) is 6.91. The zero-order chi connectivity index (χ0) is 20.3. The summed E-state index contributed by atoms with van der Waals surface area (Å²) >= 11 is 0. The van der Waals surface area contributed by atoms with Crippen molar-refractivity contribution >= 4 is 9.84 Å². The molecule has 0 N–H and O–H groups in total. The smallest absolute Gasteiger partial charge is 0.227 e. The van der Waals surface area contributed by atoms with Crippen LogP contribution in [0.4, 0.5) is 0 Å². The van der Waals surface area contributed by atoms with Gasteiger partial charge in [0.15, 0.2) is 0 Å². The van der Waals surface area contributed by atoms with E-state index in [0.717, 1.165) is 77.4 Å². The van der Waals surface area contributed by atoms with Crippen LogP contribution in [0, 0.1) is 5.92 Å². The lowest BCUT2D eigenvalue weighted by molar-refractivity contribution is 0.0340. The van der Waals surface area contributed by atoms with E-state index < -0.39 is 9.84 Å². The predicted octanol–water partition coefficient (Wildman–Crippen LogP) is 1.01. The van der Waals surface area contributed by atoms with Crippen molar-refractivity contribution in [2.24, 2.45) is 5.92 Å². The number of rotatable bonds is 10. The summed E-state index contributed by atoms with van der Waals surface area (Å²) in [7, 11) is -1.27. The Morgan fingerprint density at radius 3 is 2.69 bits per heavy atom. The second-order valence-electron chi connectivity index (χ2n) is 8.69. The average Bonchev–Trinajstić information content (AvgIpc) is 3.18. The first kappa shape index (κ1) is 21.2. The monoisotopic (exact) mass is 426 g/mol. The second kappa shape index (κ2) is 9.43. The minimum Gasteiger partial charge on any atom is -0.379 e. The van der Waals surface area contributed by atoms with Crippen molar-refractivity contribution in [3.8, 4) is 0 Å². The number of nitrogens with zero attached hydrogens (tertiary/aromatic N) is 4. The van der Waals surface area contributed by atoms with Crippen molar-refractivity contribution in [3.63, 3.8) is 0 Å². The van der Waals surface area contributed by atoms with Gasteiger partial charge >= 0.3 is 0 Å². The van der Waals surface area contributed by atoms with Gasteiger partial charge in [0.25, 0.3) is 0 Å². The molecule has 1 saturated carbocycles. The fourth-order valence-corrected chi connectivity index (χ4v) is 5.96. The molecule has 3 aliphatic rings. The van der Waals surface area contributed by atoms with E-state index in [9.17, 15) is 8.42 Å². The van der Waals surface area contributed by atoms with Crippen LogP contribution in [0.5, 0.6) is 0 Å². The molecule has 2 aliphatic heterocycles. The molecule has 1 aromatic rings. The molecule has 4 rings (SSSR count). The molecule has 0 amide bonds. The van der Waals surface area contributed by atoms with E-state index >= 15 is 0 Å². The number of morpholine rings is 1. The highest BCUT2D eigenvalue weighted by Gasteiger charge is 2.33. The molecule has 0 bridgehead atoms. The fraction of sp³-hybridized carbons (Fsp3) is 0.850. The van der Waals surface area contributed by atoms with Gasteiger partial charge in [-0.05, 0) is 38.6 Å². The normalized spacial score (nSPS) is 23.9. The van der Waals surface area contributed by atoms with Gasteiger partial charge in [0.05, 0.1) is 43.5 Å². The van der Waals surface area contributed by atoms with Gasteiger partial charge in [0, 0.05) is 39.3 Å². The third-order valence-electron chi connectivity index (χ3n) is 6.08. The molecule has 0 aromatic carbocycles. The highest BCUT2D eigenvalue weighted by molar-refractivity contribution is 7.91. The van der Waals surface area contributed by atoms with Gasteiger partial charge in [0.1, 0.15) is 0 Å². The molecule has 1 aromatic heterocycles. The summed E-state index contributed by atoms with van der Waals surface area (Å²) in [6, 6.07) is 0. The molecule has 3 heterocycles. The third-order valence-corrected chi connectivity index (χ3v) is 7.87. The zero-order valence-corrected chi connectivity index (χ0v) is 18.3. The summed E-state index contributed by atoms with van der Waals surface area (Å²) in [6.45, 7) is 7.51. The van der Waals surface area contributed by atoms with Crippen LogP contribution in [0.3, 0.4) is 0 Å². The van der Waals surface area contributed by atoms with Gasteiger partial charge < -0.3 is 14.0 Å². The number of aromatic nitrogens is 2. The first-order chi connectivity index (χ1) is 14.0. The molecule has 0 spiro atoms. The van der Waals surface area contributed by atoms with E-state index in [0.29, 0.717) is 19.0 Å². The van der Waals surface area contributed by atoms with E-state index in [1.165, 1.54) is 0 Å². The number of imidazole rings is 1. The number of ether oxygens (including phenoxy) is 2. The van der Waals surface area contributed by atoms with Gasteiger partial charge in [-0.15, -0.1) is 0 Å². The molecule has 1 aliphatic carbocycles. The quantitative estimate of drug-likeness (QED) is 0.553. The van der Waals surface area contributed by atoms with Crippen molar-refractivity contribution < 1.29 is 17.9 Å². The van der Waals surface area contributed by atoms with Gasteiger partial charge in [-0.1, -0.05) is 0 Å². The Hall–Kier alpha value is -1.00. The molecule has 29 heavy (non-hydrogen) atoms. The first-order valence-electron chi connectivity index (χ1n) is 10.9. The number of sulfone groups is 1. The van der Waals surface area contributed by atoms with Crippen LogP contribution in [-0.4, -0.2) is 92.7 Å². The van der Waals surface area contributed by atoms with E-state index in [1.54, 1.807) is 6.20 Å². The minimum atomic E-state index is -3.36. The Morgan fingerprint density at radius 1 is 1.21 bits per heavy atom. The SMILES string of the molecule is CN(CCN1CCOCC1)Cc1cnc(S(=O)(=O)CC2CC2)n1C[C@@H]1CCCO1. The van der Waals surface area contributed by atoms with Crippen molar-refractivity contribution in [1.29, 1.82) is 0 Å². The molecule has 164 valence electrons. The summed E-state index contributed by atoms with van der Waals surface area (Å²) in [5, 5.41) is 0.233. The average molecular weight is 427 g/mol. The largest absolute Gasteiger partial charge is 0.379 e. The Bertz CT molecular complexity index is 765. The third kappa shape index (κ3) is 5.79. The molecule has 1 atom stereocenters. The van der Waals surface area contributed by atoms with Crippen molar-refractivity contribution in [2.45, 2.75) is 50.0 Å². The molecular formula is C20H34N4O4S. The molecule has 2 saturated heterocycles. The minimum absolute atomic E-state index is 0.0801. The van der Waals surface area contributed by atoms with Crippen LogP contribution in [0.15, 0.2) is 11.4 Å². The van der Waals surface area contributed by atoms with Crippen LogP contribution < -0.4 is 0 Å². The Balaban J connectivity index is 1.44. The van der Waals surface area contributed by atoms with Crippen LogP contribution in [0.25, 0.3) is 0 Å². The molecule has 0 radical (unpaired) electrons. The lowest BCUT2D eigenvalue weighted by atomic mass is 10.2. The summed E-state index contributed by atoms with van der Waals surface area (Å²) in [5.41, 5.74) is 0.958. The van der Waals surface area contributed by atoms with E-state index in [1.807, 2.05) is 4.57 Å². The van der Waals surface area contributed by atoms with Crippen molar-refractivity contribution in [2.75, 3.05) is 58.8 Å². The standard InChI is InChI=1S/C20H34N4O4S/c1-22(6-7-23-8-11-27-12-9-23)14-18-13-21-20(29(25,26)16-17-4-5-17)24(18)15-19-3-2-10-28-19/h13,17,19H,2-12,14-16H2,1H3/t19-/m0/s1. The maximum absolute atomic E-state index is 13.0. The van der Waals surface area contributed by atoms with Crippen molar-refractivity contribution in [3.05, 3.63) is 11.9 Å². The van der Waals surface area contributed by atoms with E-state index in [4.69, 9.17) is 9.47 Å². The number of hydrogen-bond donors (Lipinski definition) is 0. The highest BCUT2D eigenvalue weighted by Crippen LogP contribution is 2.32. The first-order valence-corrected chi connectivity index (χ1v) is 12.5. The van der Waals surface area contributed by atoms with Gasteiger partial charge in [-0.25, -0.2) is 13.4 Å². The fourth-order valence-electron chi connectivity index (χ4n) is 4.12. The molecule has 0 unspecified atom stereocenters. The number of likely N-dealkylation sites (N-methyl/N-ethyl adjacent to an activating group) is 1. The van der Waals surface area contributed by atoms with Gasteiger partial charge in [0.2, 0.25) is 15.0 Å². The second-order valence-corrected chi connectivity index (χ2v) is 10.6. The summed E-state index contributed by atoms with van der Waals surface area (Å²) in [6.07, 6.45) is 5.88. The highest BCUT2D eigenvalue weighted by atomic mass is 32.2. The Labute approximate surface area is 174 Å². The topological polar surface area (TPSA) is 76.9 Å². The summed E-state index contributed by atoms with van der Waals surface area (Å²) in [5.74, 6) is 0.537. The predicted molar refractivity (Wildman–Crippen MR) is 110 cm³/mol. The summed E-state index contributed by atoms with van der Waals surface area (Å²) < 4.78 is 39.0. The molecule has 3 fully saturated rings. The lowest BCUT2D eigenvalue weighted by Crippen LogP contribution is -2.40.